The number of ether oxygens (including phenoxy) is 3. The summed E-state index contributed by atoms with van der Waals surface area (Å²) in [7, 11) is 3.40. The number of piperazine rings is 1. The van der Waals surface area contributed by atoms with Crippen molar-refractivity contribution in [3.05, 3.63) is 53.5 Å². The number of rotatable bonds is 8. The van der Waals surface area contributed by atoms with Crippen molar-refractivity contribution in [2.75, 3.05) is 51.9 Å². The van der Waals surface area contributed by atoms with Gasteiger partial charge >= 0.3 is 0 Å². The van der Waals surface area contributed by atoms with Crippen LogP contribution in [-0.4, -0.2) is 56.9 Å². The van der Waals surface area contributed by atoms with Gasteiger partial charge in [-0.3, -0.25) is 4.90 Å². The number of aromatic nitrogens is 1. The summed E-state index contributed by atoms with van der Waals surface area (Å²) in [6, 6.07) is 14.2. The van der Waals surface area contributed by atoms with Crippen LogP contribution in [0, 0.1) is 0 Å². The molecule has 0 saturated carbocycles. The Morgan fingerprint density at radius 1 is 0.935 bits per heavy atom. The molecule has 6 nitrogen and oxygen atoms in total. The third-order valence-corrected chi connectivity index (χ3v) is 6.39. The van der Waals surface area contributed by atoms with Gasteiger partial charge in [-0.25, -0.2) is 4.98 Å². The summed E-state index contributed by atoms with van der Waals surface area (Å²) in [5.74, 6) is 2.44. The van der Waals surface area contributed by atoms with Gasteiger partial charge < -0.3 is 19.1 Å². The average Bonchev–Trinajstić information content (AvgIpc) is 3.28. The fourth-order valence-electron chi connectivity index (χ4n) is 3.85. The second-order valence-electron chi connectivity index (χ2n) is 7.38. The highest BCUT2D eigenvalue weighted by molar-refractivity contribution is 7.13. The van der Waals surface area contributed by atoms with Crippen molar-refractivity contribution in [1.29, 1.82) is 0 Å². The first-order valence-electron chi connectivity index (χ1n) is 10.6. The van der Waals surface area contributed by atoms with Gasteiger partial charge in [0.2, 0.25) is 0 Å². The van der Waals surface area contributed by atoms with Crippen molar-refractivity contribution in [3.8, 4) is 27.8 Å². The lowest BCUT2D eigenvalue weighted by atomic mass is 10.2. The summed E-state index contributed by atoms with van der Waals surface area (Å²) < 4.78 is 16.6. The summed E-state index contributed by atoms with van der Waals surface area (Å²) in [6.45, 7) is 7.41. The first kappa shape index (κ1) is 21.5. The fourth-order valence-corrected chi connectivity index (χ4v) is 4.66. The molecule has 3 aromatic rings. The highest BCUT2D eigenvalue weighted by Crippen LogP contribution is 2.34. The normalized spacial score (nSPS) is 14.5. The predicted molar refractivity (Wildman–Crippen MR) is 126 cm³/mol. The molecular formula is C24H29N3O3S. The molecule has 1 aliphatic heterocycles. The zero-order valence-electron chi connectivity index (χ0n) is 18.3. The van der Waals surface area contributed by atoms with Gasteiger partial charge in [0.05, 0.1) is 32.2 Å². The van der Waals surface area contributed by atoms with E-state index < -0.39 is 0 Å². The molecular weight excluding hydrogens is 410 g/mol. The maximum atomic E-state index is 5.62. The minimum atomic E-state index is 0.613. The van der Waals surface area contributed by atoms with Crippen LogP contribution in [-0.2, 0) is 6.54 Å². The van der Waals surface area contributed by atoms with Crippen molar-refractivity contribution in [2.24, 2.45) is 0 Å². The molecule has 0 radical (unpaired) electrons. The number of methoxy groups -OCH3 is 2. The Morgan fingerprint density at radius 3 is 2.45 bits per heavy atom. The summed E-state index contributed by atoms with van der Waals surface area (Å²) >= 11 is 1.67. The van der Waals surface area contributed by atoms with Gasteiger partial charge in [-0.15, -0.1) is 11.3 Å². The highest BCUT2D eigenvalue weighted by atomic mass is 32.1. The van der Waals surface area contributed by atoms with E-state index in [2.05, 4.69) is 27.3 Å². The van der Waals surface area contributed by atoms with Crippen LogP contribution in [0.1, 0.15) is 12.6 Å². The number of benzene rings is 2. The van der Waals surface area contributed by atoms with Crippen LogP contribution in [0.2, 0.25) is 0 Å². The highest BCUT2D eigenvalue weighted by Gasteiger charge is 2.20. The minimum absolute atomic E-state index is 0.613. The third-order valence-electron chi connectivity index (χ3n) is 5.45. The van der Waals surface area contributed by atoms with Gasteiger partial charge in [-0.2, -0.15) is 0 Å². The molecule has 4 rings (SSSR count). The van der Waals surface area contributed by atoms with Crippen LogP contribution in [0.3, 0.4) is 0 Å². The Morgan fingerprint density at radius 2 is 1.71 bits per heavy atom. The molecule has 2 heterocycles. The van der Waals surface area contributed by atoms with Crippen molar-refractivity contribution >= 4 is 17.0 Å². The van der Waals surface area contributed by atoms with E-state index in [-0.39, 0.29) is 0 Å². The molecule has 0 spiro atoms. The van der Waals surface area contributed by atoms with E-state index in [1.165, 1.54) is 5.69 Å². The molecule has 7 heteroatoms. The number of hydrogen-bond donors (Lipinski definition) is 0. The Kier molecular flexibility index (Phi) is 6.94. The monoisotopic (exact) mass is 439 g/mol. The molecule has 0 unspecified atom stereocenters. The molecule has 0 atom stereocenters. The zero-order valence-corrected chi connectivity index (χ0v) is 19.2. The minimum Gasteiger partial charge on any atom is -0.495 e. The number of anilines is 1. The van der Waals surface area contributed by atoms with Crippen LogP contribution >= 0.6 is 11.3 Å². The van der Waals surface area contributed by atoms with Crippen LogP contribution < -0.4 is 19.1 Å². The first-order chi connectivity index (χ1) is 15.2. The van der Waals surface area contributed by atoms with Gasteiger partial charge in [0.1, 0.15) is 10.8 Å². The molecule has 0 aliphatic carbocycles. The second kappa shape index (κ2) is 10.0. The van der Waals surface area contributed by atoms with Crippen molar-refractivity contribution in [3.63, 3.8) is 0 Å². The van der Waals surface area contributed by atoms with Gasteiger partial charge in [0.25, 0.3) is 0 Å². The molecule has 0 N–H and O–H groups in total. The predicted octanol–water partition coefficient (Wildman–Crippen LogP) is 4.55. The van der Waals surface area contributed by atoms with Crippen molar-refractivity contribution < 1.29 is 14.2 Å². The molecule has 1 aromatic heterocycles. The average molecular weight is 440 g/mol. The smallest absolute Gasteiger partial charge is 0.161 e. The number of para-hydroxylation sites is 2. The Hall–Kier alpha value is -2.77. The SMILES string of the molecule is CCOc1ccc(-c2nc(CN3CCN(c4ccccc4OC)CC3)cs2)cc1OC. The first-order valence-corrected chi connectivity index (χ1v) is 11.5. The van der Waals surface area contributed by atoms with E-state index in [0.717, 1.165) is 66.2 Å². The third kappa shape index (κ3) is 4.94. The molecule has 0 bridgehead atoms. The lowest BCUT2D eigenvalue weighted by molar-refractivity contribution is 0.247. The number of nitrogens with zero attached hydrogens (tertiary/aromatic N) is 3. The summed E-state index contributed by atoms with van der Waals surface area (Å²) in [5.41, 5.74) is 3.33. The lowest BCUT2D eigenvalue weighted by Crippen LogP contribution is -2.46. The van der Waals surface area contributed by atoms with E-state index >= 15 is 0 Å². The van der Waals surface area contributed by atoms with Crippen LogP contribution in [0.5, 0.6) is 17.2 Å². The molecule has 1 fully saturated rings. The Balaban J connectivity index is 1.38. The van der Waals surface area contributed by atoms with E-state index in [1.807, 2.05) is 37.3 Å². The topological polar surface area (TPSA) is 47.1 Å². The Labute approximate surface area is 188 Å². The molecule has 0 amide bonds. The molecule has 2 aromatic carbocycles. The van der Waals surface area contributed by atoms with Crippen LogP contribution in [0.15, 0.2) is 47.8 Å². The molecule has 164 valence electrons. The van der Waals surface area contributed by atoms with Crippen molar-refractivity contribution in [1.82, 2.24) is 9.88 Å². The maximum Gasteiger partial charge on any atom is 0.161 e. The van der Waals surface area contributed by atoms with Gasteiger partial charge in [0, 0.05) is 43.7 Å². The van der Waals surface area contributed by atoms with E-state index in [9.17, 15) is 0 Å². The largest absolute Gasteiger partial charge is 0.495 e. The lowest BCUT2D eigenvalue weighted by Gasteiger charge is -2.36. The number of hydrogen-bond acceptors (Lipinski definition) is 7. The molecule has 1 saturated heterocycles. The summed E-state index contributed by atoms with van der Waals surface area (Å²) in [4.78, 5) is 9.74. The van der Waals surface area contributed by atoms with Gasteiger partial charge in [-0.05, 0) is 37.3 Å². The van der Waals surface area contributed by atoms with E-state index in [1.54, 1.807) is 25.6 Å². The quantitative estimate of drug-likeness (QED) is 0.513. The zero-order chi connectivity index (χ0) is 21.6. The number of thiazole rings is 1. The van der Waals surface area contributed by atoms with Crippen LogP contribution in [0.25, 0.3) is 10.6 Å². The van der Waals surface area contributed by atoms with Gasteiger partial charge in [-0.1, -0.05) is 12.1 Å². The van der Waals surface area contributed by atoms with E-state index in [0.29, 0.717) is 6.61 Å². The Bertz CT molecular complexity index is 999. The molecule has 31 heavy (non-hydrogen) atoms. The summed E-state index contributed by atoms with van der Waals surface area (Å²) in [5, 5.41) is 3.16. The maximum absolute atomic E-state index is 5.62. The molecule has 1 aliphatic rings. The van der Waals surface area contributed by atoms with Gasteiger partial charge in [0.15, 0.2) is 11.5 Å². The standard InChI is InChI=1S/C24H29N3O3S/c1-4-30-22-10-9-18(15-23(22)29-3)24-25-19(17-31-24)16-26-11-13-27(14-12-26)20-7-5-6-8-21(20)28-2/h5-10,15,17H,4,11-14,16H2,1-3H3. The second-order valence-corrected chi connectivity index (χ2v) is 8.24. The van der Waals surface area contributed by atoms with E-state index in [4.69, 9.17) is 19.2 Å². The van der Waals surface area contributed by atoms with Crippen molar-refractivity contribution in [2.45, 2.75) is 13.5 Å². The summed E-state index contributed by atoms with van der Waals surface area (Å²) in [6.07, 6.45) is 0. The van der Waals surface area contributed by atoms with Crippen LogP contribution in [0.4, 0.5) is 5.69 Å². The fraction of sp³-hybridized carbons (Fsp3) is 0.375.